The standard InChI is InChI=1S/C7H7Cl2NO3/c1-10-6(11)7(8,9)5-4(13-10)2-3-12-5/h2-5H,1H3/t4-,5+/m0/s1. The maximum atomic E-state index is 11.4. The Balaban J connectivity index is 2.30. The van der Waals surface area contributed by atoms with Gasteiger partial charge >= 0.3 is 0 Å². The van der Waals surface area contributed by atoms with Gasteiger partial charge in [0.25, 0.3) is 5.91 Å². The lowest BCUT2D eigenvalue weighted by atomic mass is 10.1. The summed E-state index contributed by atoms with van der Waals surface area (Å²) in [6.45, 7) is 0. The lowest BCUT2D eigenvalue weighted by molar-refractivity contribution is -0.220. The first kappa shape index (κ1) is 9.12. The summed E-state index contributed by atoms with van der Waals surface area (Å²) in [6.07, 6.45) is 2.05. The van der Waals surface area contributed by atoms with Crippen molar-refractivity contribution < 1.29 is 14.4 Å². The summed E-state index contributed by atoms with van der Waals surface area (Å²) >= 11 is 11.7. The van der Waals surface area contributed by atoms with Crippen LogP contribution in [-0.4, -0.2) is 34.6 Å². The van der Waals surface area contributed by atoms with Crippen LogP contribution in [-0.2, 0) is 14.4 Å². The van der Waals surface area contributed by atoms with Crippen molar-refractivity contribution in [1.82, 2.24) is 5.06 Å². The van der Waals surface area contributed by atoms with Crippen LogP contribution in [0.3, 0.4) is 0 Å². The molecule has 0 aromatic rings. The van der Waals surface area contributed by atoms with Gasteiger partial charge < -0.3 is 4.74 Å². The summed E-state index contributed by atoms with van der Waals surface area (Å²) in [4.78, 5) is 16.6. The van der Waals surface area contributed by atoms with E-state index in [0.29, 0.717) is 0 Å². The Bertz CT molecular complexity index is 279. The molecule has 0 bridgehead atoms. The van der Waals surface area contributed by atoms with Crippen LogP contribution in [0.4, 0.5) is 0 Å². The Morgan fingerprint density at radius 3 is 3.00 bits per heavy atom. The molecule has 13 heavy (non-hydrogen) atoms. The molecule has 0 saturated carbocycles. The van der Waals surface area contributed by atoms with Crippen LogP contribution in [0.25, 0.3) is 0 Å². The van der Waals surface area contributed by atoms with Crippen molar-refractivity contribution in [3.8, 4) is 0 Å². The summed E-state index contributed by atoms with van der Waals surface area (Å²) in [5, 5.41) is 1.03. The molecule has 0 aromatic heterocycles. The first-order valence-corrected chi connectivity index (χ1v) is 4.44. The van der Waals surface area contributed by atoms with Crippen LogP contribution in [0, 0.1) is 0 Å². The highest BCUT2D eigenvalue weighted by Gasteiger charge is 2.55. The van der Waals surface area contributed by atoms with Gasteiger partial charge in [-0.25, -0.2) is 5.06 Å². The van der Waals surface area contributed by atoms with Gasteiger partial charge in [0.05, 0.1) is 6.26 Å². The molecular formula is C7H7Cl2NO3. The molecule has 2 aliphatic heterocycles. The van der Waals surface area contributed by atoms with Gasteiger partial charge in [-0.2, -0.15) is 0 Å². The number of ether oxygens (including phenoxy) is 1. The lowest BCUT2D eigenvalue weighted by Gasteiger charge is -2.38. The van der Waals surface area contributed by atoms with Crippen molar-refractivity contribution in [2.75, 3.05) is 7.05 Å². The quantitative estimate of drug-likeness (QED) is 0.572. The molecule has 4 nitrogen and oxygen atoms in total. The summed E-state index contributed by atoms with van der Waals surface area (Å²) in [7, 11) is 1.46. The molecule has 6 heteroatoms. The molecule has 2 heterocycles. The number of hydrogen-bond donors (Lipinski definition) is 0. The molecule has 1 amide bonds. The Morgan fingerprint density at radius 2 is 2.31 bits per heavy atom. The van der Waals surface area contributed by atoms with E-state index in [1.165, 1.54) is 13.3 Å². The van der Waals surface area contributed by atoms with Gasteiger partial charge in [-0.1, -0.05) is 23.2 Å². The minimum absolute atomic E-state index is 0.391. The zero-order valence-corrected chi connectivity index (χ0v) is 8.25. The molecule has 2 aliphatic rings. The zero-order valence-electron chi connectivity index (χ0n) is 6.74. The number of fused-ring (bicyclic) bond motifs is 1. The maximum absolute atomic E-state index is 11.4. The van der Waals surface area contributed by atoms with E-state index in [-0.39, 0.29) is 0 Å². The molecule has 72 valence electrons. The molecule has 2 rings (SSSR count). The van der Waals surface area contributed by atoms with E-state index in [1.807, 2.05) is 0 Å². The Labute approximate surface area is 84.9 Å². The van der Waals surface area contributed by atoms with E-state index in [4.69, 9.17) is 32.8 Å². The number of hydroxylamine groups is 2. The number of rotatable bonds is 0. The molecule has 0 spiro atoms. The smallest absolute Gasteiger partial charge is 0.286 e. The summed E-state index contributed by atoms with van der Waals surface area (Å²) in [6, 6.07) is 0. The SMILES string of the molecule is CN1O[C@H]2C=CO[C@H]2C(Cl)(Cl)C1=O. The summed E-state index contributed by atoms with van der Waals surface area (Å²) < 4.78 is 3.51. The monoisotopic (exact) mass is 223 g/mol. The van der Waals surface area contributed by atoms with Gasteiger partial charge in [-0.15, -0.1) is 0 Å². The molecule has 1 saturated heterocycles. The number of alkyl halides is 2. The molecule has 2 atom stereocenters. The van der Waals surface area contributed by atoms with E-state index < -0.39 is 22.4 Å². The van der Waals surface area contributed by atoms with E-state index in [9.17, 15) is 4.79 Å². The number of nitrogens with zero attached hydrogens (tertiary/aromatic N) is 1. The average Bonchev–Trinajstić information content (AvgIpc) is 2.49. The van der Waals surface area contributed by atoms with E-state index in [0.717, 1.165) is 5.06 Å². The van der Waals surface area contributed by atoms with Gasteiger partial charge in [0.2, 0.25) is 4.33 Å². The number of carbonyl (C=O) groups excluding carboxylic acids is 1. The van der Waals surface area contributed by atoms with Gasteiger partial charge in [0.1, 0.15) is 6.10 Å². The van der Waals surface area contributed by atoms with Gasteiger partial charge in [-0.3, -0.25) is 9.63 Å². The molecule has 1 fully saturated rings. The third-order valence-electron chi connectivity index (χ3n) is 2.00. The number of hydrogen-bond acceptors (Lipinski definition) is 3. The fraction of sp³-hybridized carbons (Fsp3) is 0.571. The van der Waals surface area contributed by atoms with Crippen LogP contribution in [0.15, 0.2) is 12.3 Å². The molecule has 0 unspecified atom stereocenters. The first-order valence-electron chi connectivity index (χ1n) is 3.68. The lowest BCUT2D eigenvalue weighted by Crippen LogP contribution is -2.58. The van der Waals surface area contributed by atoms with Gasteiger partial charge in [0, 0.05) is 7.05 Å². The highest BCUT2D eigenvalue weighted by Crippen LogP contribution is 2.39. The van der Waals surface area contributed by atoms with Crippen LogP contribution in [0.2, 0.25) is 0 Å². The minimum Gasteiger partial charge on any atom is -0.491 e. The fourth-order valence-electron chi connectivity index (χ4n) is 1.33. The van der Waals surface area contributed by atoms with Crippen LogP contribution >= 0.6 is 23.2 Å². The summed E-state index contributed by atoms with van der Waals surface area (Å²) in [5.74, 6) is -0.513. The van der Waals surface area contributed by atoms with Crippen LogP contribution < -0.4 is 0 Å². The molecule has 0 N–H and O–H groups in total. The van der Waals surface area contributed by atoms with Crippen molar-refractivity contribution in [3.63, 3.8) is 0 Å². The topological polar surface area (TPSA) is 38.8 Å². The van der Waals surface area contributed by atoms with E-state index in [2.05, 4.69) is 0 Å². The van der Waals surface area contributed by atoms with Crippen molar-refractivity contribution in [3.05, 3.63) is 12.3 Å². The molecule has 0 aliphatic carbocycles. The molecule has 0 aromatic carbocycles. The van der Waals surface area contributed by atoms with E-state index in [1.54, 1.807) is 6.08 Å². The minimum atomic E-state index is -1.57. The molecule has 0 radical (unpaired) electrons. The first-order chi connectivity index (χ1) is 6.03. The molecular weight excluding hydrogens is 217 g/mol. The van der Waals surface area contributed by atoms with E-state index >= 15 is 0 Å². The summed E-state index contributed by atoms with van der Waals surface area (Å²) in [5.41, 5.74) is 0. The Hall–Kier alpha value is -0.450. The number of amides is 1. The normalized spacial score (nSPS) is 35.9. The Kier molecular flexibility index (Phi) is 1.94. The third-order valence-corrected chi connectivity index (χ3v) is 2.75. The van der Waals surface area contributed by atoms with Crippen molar-refractivity contribution in [2.24, 2.45) is 0 Å². The largest absolute Gasteiger partial charge is 0.491 e. The van der Waals surface area contributed by atoms with Crippen molar-refractivity contribution in [2.45, 2.75) is 16.5 Å². The Morgan fingerprint density at radius 1 is 1.62 bits per heavy atom. The van der Waals surface area contributed by atoms with Gasteiger partial charge in [0.15, 0.2) is 6.10 Å². The van der Waals surface area contributed by atoms with Crippen molar-refractivity contribution in [1.29, 1.82) is 0 Å². The highest BCUT2D eigenvalue weighted by atomic mass is 35.5. The predicted molar refractivity (Wildman–Crippen MR) is 46.1 cm³/mol. The predicted octanol–water partition coefficient (Wildman–Crippen LogP) is 0.845. The van der Waals surface area contributed by atoms with Crippen LogP contribution in [0.5, 0.6) is 0 Å². The number of carbonyl (C=O) groups is 1. The van der Waals surface area contributed by atoms with Crippen molar-refractivity contribution >= 4 is 29.1 Å². The average molecular weight is 224 g/mol. The maximum Gasteiger partial charge on any atom is 0.286 e. The fourth-order valence-corrected chi connectivity index (χ4v) is 1.92. The zero-order chi connectivity index (χ0) is 9.64. The van der Waals surface area contributed by atoms with Crippen LogP contribution in [0.1, 0.15) is 0 Å². The second kappa shape index (κ2) is 2.77. The van der Waals surface area contributed by atoms with Gasteiger partial charge in [-0.05, 0) is 6.08 Å². The number of halogens is 2. The third kappa shape index (κ3) is 1.21. The second-order valence-electron chi connectivity index (χ2n) is 2.88. The highest BCUT2D eigenvalue weighted by molar-refractivity contribution is 6.58. The second-order valence-corrected chi connectivity index (χ2v) is 4.27.